The fraction of sp³-hybridized carbons (Fsp3) is 0.234. The van der Waals surface area contributed by atoms with Crippen LogP contribution in [0.1, 0.15) is 33.4 Å². The molecule has 0 amide bonds. The van der Waals surface area contributed by atoms with Crippen LogP contribution in [0.3, 0.4) is 0 Å². The first-order chi connectivity index (χ1) is 26.7. The number of ether oxygens (including phenoxy) is 6. The normalized spacial score (nSPS) is 20.0. The van der Waals surface area contributed by atoms with Crippen LogP contribution in [0, 0.1) is 0 Å². The van der Waals surface area contributed by atoms with E-state index in [1.807, 2.05) is 176 Å². The lowest BCUT2D eigenvalue weighted by Gasteiger charge is -2.48. The molecule has 6 aromatic rings. The smallest absolute Gasteiger partial charge is 0.188 e. The van der Waals surface area contributed by atoms with Crippen molar-refractivity contribution in [1.82, 2.24) is 0 Å². The largest absolute Gasteiger partial charge is 0.496 e. The van der Waals surface area contributed by atoms with E-state index in [1.165, 1.54) is 0 Å². The second-order valence-corrected chi connectivity index (χ2v) is 13.2. The average Bonchev–Trinajstić information content (AvgIpc) is 3.25. The third-order valence-corrected chi connectivity index (χ3v) is 9.77. The summed E-state index contributed by atoms with van der Waals surface area (Å²) in [7, 11) is 1.66. The minimum Gasteiger partial charge on any atom is -0.496 e. The predicted octanol–water partition coefficient (Wildman–Crippen LogP) is 8.48. The number of para-hydroxylation sites is 1. The molecule has 7 rings (SSSR count). The lowest BCUT2D eigenvalue weighted by molar-refractivity contribution is -0.341. The Bertz CT molecular complexity index is 1940. The fourth-order valence-electron chi connectivity index (χ4n) is 7.12. The predicted molar refractivity (Wildman–Crippen MR) is 208 cm³/mol. The van der Waals surface area contributed by atoms with Crippen molar-refractivity contribution in [3.8, 4) is 5.75 Å². The molecule has 1 N–H and O–H groups in total. The summed E-state index contributed by atoms with van der Waals surface area (Å²) >= 11 is 0. The molecule has 1 saturated heterocycles. The van der Waals surface area contributed by atoms with E-state index < -0.39 is 36.3 Å². The van der Waals surface area contributed by atoms with E-state index in [0.29, 0.717) is 5.75 Å². The van der Waals surface area contributed by atoms with E-state index in [9.17, 15) is 5.11 Å². The molecule has 54 heavy (non-hydrogen) atoms. The van der Waals surface area contributed by atoms with Crippen molar-refractivity contribution in [3.63, 3.8) is 0 Å². The van der Waals surface area contributed by atoms with Gasteiger partial charge in [0.15, 0.2) is 11.9 Å². The zero-order valence-corrected chi connectivity index (χ0v) is 30.4. The van der Waals surface area contributed by atoms with Gasteiger partial charge < -0.3 is 33.5 Å². The number of methoxy groups -OCH3 is 1. The summed E-state index contributed by atoms with van der Waals surface area (Å²) in [5.41, 5.74) is 4.19. The summed E-state index contributed by atoms with van der Waals surface area (Å²) in [6, 6.07) is 57.9. The molecule has 5 atom stereocenters. The van der Waals surface area contributed by atoms with Gasteiger partial charge in [0, 0.05) is 5.56 Å². The van der Waals surface area contributed by atoms with E-state index in [2.05, 4.69) is 0 Å². The van der Waals surface area contributed by atoms with Crippen LogP contribution >= 0.6 is 0 Å². The Balaban J connectivity index is 1.36. The molecule has 6 aromatic carbocycles. The molecule has 0 saturated carbocycles. The van der Waals surface area contributed by atoms with E-state index in [1.54, 1.807) is 7.11 Å². The number of rotatable bonds is 16. The van der Waals surface area contributed by atoms with Crippen molar-refractivity contribution in [2.45, 2.75) is 56.1 Å². The van der Waals surface area contributed by atoms with E-state index in [-0.39, 0.29) is 26.4 Å². The lowest BCUT2D eigenvalue weighted by atomic mass is 9.79. The molecule has 0 spiro atoms. The molecule has 0 bridgehead atoms. The summed E-state index contributed by atoms with van der Waals surface area (Å²) in [5.74, 6) is 0.641. The van der Waals surface area contributed by atoms with Gasteiger partial charge in [-0.25, -0.2) is 0 Å². The van der Waals surface area contributed by atoms with Crippen molar-refractivity contribution < 1.29 is 33.5 Å². The first-order valence-electron chi connectivity index (χ1n) is 18.3. The number of benzene rings is 6. The maximum absolute atomic E-state index is 11.0. The zero-order chi connectivity index (χ0) is 37.0. The second-order valence-electron chi connectivity index (χ2n) is 13.2. The number of aliphatic hydroxyl groups excluding tert-OH is 1. The molecule has 1 aliphatic heterocycles. The van der Waals surface area contributed by atoms with Crippen LogP contribution in [0.2, 0.25) is 0 Å². The van der Waals surface area contributed by atoms with Crippen LogP contribution in [-0.4, -0.2) is 49.5 Å². The van der Waals surface area contributed by atoms with Crippen molar-refractivity contribution in [1.29, 1.82) is 0 Å². The van der Waals surface area contributed by atoms with Gasteiger partial charge >= 0.3 is 0 Å². The highest BCUT2D eigenvalue weighted by Gasteiger charge is 2.53. The van der Waals surface area contributed by atoms with Crippen molar-refractivity contribution in [2.24, 2.45) is 0 Å². The highest BCUT2D eigenvalue weighted by atomic mass is 16.7. The molecular formula is C47H46O7. The van der Waals surface area contributed by atoms with E-state index >= 15 is 0 Å². The van der Waals surface area contributed by atoms with Crippen LogP contribution in [-0.2, 0) is 49.1 Å². The molecule has 7 heteroatoms. The van der Waals surface area contributed by atoms with Crippen LogP contribution in [0.5, 0.6) is 5.75 Å². The van der Waals surface area contributed by atoms with Gasteiger partial charge in [-0.1, -0.05) is 170 Å². The first-order valence-corrected chi connectivity index (χ1v) is 18.3. The Labute approximate surface area is 317 Å². The monoisotopic (exact) mass is 722 g/mol. The molecule has 0 aromatic heterocycles. The minimum atomic E-state index is -1.25. The standard InChI is InChI=1S/C47H46O7/c1-49-41-30-18-17-29-40(41)47(38-25-13-5-14-26-38,39-27-15-6-16-28-39)54-46-45(52-34-37-23-11-4-12-24-37)44(51-33-36-21-9-3-10-22-36)43(42(31-48)53-46)50-32-35-19-7-2-8-20-35/h2-30,42-46,48H,31-34H2,1H3/t42-,43-,44+,45+,46-/m1/s1. The number of hydrogen-bond donors (Lipinski definition) is 1. The maximum atomic E-state index is 11.0. The van der Waals surface area contributed by atoms with Crippen LogP contribution < -0.4 is 4.74 Å². The van der Waals surface area contributed by atoms with Crippen molar-refractivity contribution in [2.75, 3.05) is 13.7 Å². The Kier molecular flexibility index (Phi) is 12.6. The second kappa shape index (κ2) is 18.3. The van der Waals surface area contributed by atoms with Gasteiger partial charge in [-0.3, -0.25) is 0 Å². The minimum absolute atomic E-state index is 0.257. The summed E-state index contributed by atoms with van der Waals surface area (Å²) in [4.78, 5) is 0. The number of aliphatic hydroxyl groups is 1. The zero-order valence-electron chi connectivity index (χ0n) is 30.4. The lowest BCUT2D eigenvalue weighted by Crippen LogP contribution is -2.63. The molecule has 0 aliphatic carbocycles. The van der Waals surface area contributed by atoms with Gasteiger partial charge in [-0.2, -0.15) is 0 Å². The third-order valence-electron chi connectivity index (χ3n) is 9.77. The molecule has 1 heterocycles. The average molecular weight is 723 g/mol. The van der Waals surface area contributed by atoms with Gasteiger partial charge in [0.2, 0.25) is 0 Å². The quantitative estimate of drug-likeness (QED) is 0.101. The van der Waals surface area contributed by atoms with Crippen LogP contribution in [0.4, 0.5) is 0 Å². The van der Waals surface area contributed by atoms with Crippen LogP contribution in [0.25, 0.3) is 0 Å². The van der Waals surface area contributed by atoms with Crippen LogP contribution in [0.15, 0.2) is 176 Å². The van der Waals surface area contributed by atoms with Crippen molar-refractivity contribution in [3.05, 3.63) is 209 Å². The first kappa shape index (κ1) is 37.2. The molecule has 0 unspecified atom stereocenters. The van der Waals surface area contributed by atoms with E-state index in [4.69, 9.17) is 28.4 Å². The summed E-state index contributed by atoms with van der Waals surface area (Å²) in [5, 5.41) is 11.0. The molecule has 7 nitrogen and oxygen atoms in total. The Morgan fingerprint density at radius 3 is 1.37 bits per heavy atom. The van der Waals surface area contributed by atoms with Gasteiger partial charge in [0.05, 0.1) is 33.5 Å². The van der Waals surface area contributed by atoms with Gasteiger partial charge in [-0.05, 0) is 33.9 Å². The topological polar surface area (TPSA) is 75.6 Å². The highest BCUT2D eigenvalue weighted by Crippen LogP contribution is 2.47. The fourth-order valence-corrected chi connectivity index (χ4v) is 7.12. The molecule has 276 valence electrons. The van der Waals surface area contributed by atoms with E-state index in [0.717, 1.165) is 33.4 Å². The van der Waals surface area contributed by atoms with Gasteiger partial charge in [0.1, 0.15) is 30.2 Å². The highest BCUT2D eigenvalue weighted by molar-refractivity contribution is 5.53. The number of hydrogen-bond acceptors (Lipinski definition) is 7. The molecular weight excluding hydrogens is 677 g/mol. The molecule has 0 radical (unpaired) electrons. The third kappa shape index (κ3) is 8.48. The molecule has 1 aliphatic rings. The Morgan fingerprint density at radius 2 is 0.907 bits per heavy atom. The summed E-state index contributed by atoms with van der Waals surface area (Å²) in [6.07, 6.45) is -4.14. The van der Waals surface area contributed by atoms with Crippen molar-refractivity contribution >= 4 is 0 Å². The van der Waals surface area contributed by atoms with Gasteiger partial charge in [-0.15, -0.1) is 0 Å². The van der Waals surface area contributed by atoms with Gasteiger partial charge in [0.25, 0.3) is 0 Å². The maximum Gasteiger partial charge on any atom is 0.188 e. The molecule has 1 fully saturated rings. The summed E-state index contributed by atoms with van der Waals surface area (Å²) < 4.78 is 40.8. The SMILES string of the molecule is COc1ccccc1C(O[C@H]1O[C@H](CO)[C@@H](OCc2ccccc2)[C@H](OCc2ccccc2)[C@@H]1OCc1ccccc1)(c1ccccc1)c1ccccc1. The summed E-state index contributed by atoms with van der Waals surface area (Å²) in [6.45, 7) is 0.482. The Morgan fingerprint density at radius 1 is 0.500 bits per heavy atom. The Hall–Kier alpha value is -5.12.